The maximum absolute atomic E-state index is 14.0. The van der Waals surface area contributed by atoms with Gasteiger partial charge >= 0.3 is 0 Å². The van der Waals surface area contributed by atoms with E-state index < -0.39 is 5.82 Å². The number of nitriles is 1. The standard InChI is InChI=1S/C20H23FN4O2/c1-4-23-20(24-12-15-6-5-14(11-22)9-18(15)21)25-13-16-7-8-17(26-2)10-19(16)27-3/h5-10H,4,12-13H2,1-3H3,(H2,23,24,25). The van der Waals surface area contributed by atoms with Gasteiger partial charge in [0, 0.05) is 30.3 Å². The predicted molar refractivity (Wildman–Crippen MR) is 102 cm³/mol. The van der Waals surface area contributed by atoms with Crippen LogP contribution in [0.5, 0.6) is 11.5 Å². The fourth-order valence-corrected chi connectivity index (χ4v) is 2.43. The van der Waals surface area contributed by atoms with Gasteiger partial charge < -0.3 is 20.1 Å². The van der Waals surface area contributed by atoms with Crippen molar-refractivity contribution in [3.05, 3.63) is 58.9 Å². The maximum atomic E-state index is 14.0. The third kappa shape index (κ3) is 5.61. The number of ether oxygens (including phenoxy) is 2. The minimum atomic E-state index is -0.422. The molecule has 0 saturated heterocycles. The first kappa shape index (κ1) is 20.0. The van der Waals surface area contributed by atoms with Crippen LogP contribution < -0.4 is 20.1 Å². The first-order valence-corrected chi connectivity index (χ1v) is 8.52. The minimum Gasteiger partial charge on any atom is -0.497 e. The molecule has 2 aromatic rings. The summed E-state index contributed by atoms with van der Waals surface area (Å²) in [6, 6.07) is 11.9. The highest BCUT2D eigenvalue weighted by atomic mass is 19.1. The Morgan fingerprint density at radius 2 is 1.89 bits per heavy atom. The molecule has 2 N–H and O–H groups in total. The van der Waals surface area contributed by atoms with Crippen LogP contribution in [0.4, 0.5) is 4.39 Å². The van der Waals surface area contributed by atoms with Crippen LogP contribution in [0, 0.1) is 17.1 Å². The summed E-state index contributed by atoms with van der Waals surface area (Å²) in [7, 11) is 3.20. The zero-order valence-electron chi connectivity index (χ0n) is 15.7. The summed E-state index contributed by atoms with van der Waals surface area (Å²) in [5, 5.41) is 15.0. The minimum absolute atomic E-state index is 0.253. The number of guanidine groups is 1. The van der Waals surface area contributed by atoms with Crippen LogP contribution in [0.1, 0.15) is 23.6 Å². The highest BCUT2D eigenvalue weighted by Gasteiger charge is 2.07. The number of rotatable bonds is 7. The van der Waals surface area contributed by atoms with Crippen molar-refractivity contribution in [1.29, 1.82) is 5.26 Å². The molecule has 2 rings (SSSR count). The molecular formula is C20H23FN4O2. The summed E-state index contributed by atoms with van der Waals surface area (Å²) in [5.41, 5.74) is 1.66. The van der Waals surface area contributed by atoms with E-state index in [1.165, 1.54) is 6.07 Å². The average molecular weight is 370 g/mol. The molecule has 0 amide bonds. The zero-order valence-corrected chi connectivity index (χ0v) is 15.7. The Labute approximate surface area is 158 Å². The molecule has 142 valence electrons. The smallest absolute Gasteiger partial charge is 0.191 e. The topological polar surface area (TPSA) is 78.7 Å². The molecule has 0 unspecified atom stereocenters. The molecule has 0 aliphatic carbocycles. The fourth-order valence-electron chi connectivity index (χ4n) is 2.43. The zero-order chi connectivity index (χ0) is 19.6. The lowest BCUT2D eigenvalue weighted by molar-refractivity contribution is 0.391. The van der Waals surface area contributed by atoms with Crippen molar-refractivity contribution in [1.82, 2.24) is 10.6 Å². The normalized spacial score (nSPS) is 10.9. The van der Waals surface area contributed by atoms with Gasteiger partial charge in [0.05, 0.1) is 32.4 Å². The van der Waals surface area contributed by atoms with Crippen molar-refractivity contribution in [3.8, 4) is 17.6 Å². The third-order valence-corrected chi connectivity index (χ3v) is 3.87. The van der Waals surface area contributed by atoms with E-state index in [0.717, 1.165) is 5.56 Å². The van der Waals surface area contributed by atoms with Gasteiger partial charge in [-0.2, -0.15) is 5.26 Å². The van der Waals surface area contributed by atoms with Crippen molar-refractivity contribution in [2.24, 2.45) is 4.99 Å². The van der Waals surface area contributed by atoms with Gasteiger partial charge in [-0.1, -0.05) is 6.07 Å². The molecule has 0 atom stereocenters. The molecule has 27 heavy (non-hydrogen) atoms. The predicted octanol–water partition coefficient (Wildman–Crippen LogP) is 2.97. The van der Waals surface area contributed by atoms with Crippen LogP contribution in [-0.2, 0) is 13.1 Å². The largest absolute Gasteiger partial charge is 0.497 e. The van der Waals surface area contributed by atoms with Crippen LogP contribution in [0.3, 0.4) is 0 Å². The highest BCUT2D eigenvalue weighted by molar-refractivity contribution is 5.79. The number of nitrogens with one attached hydrogen (secondary N) is 2. The quantitative estimate of drug-likeness (QED) is 0.579. The van der Waals surface area contributed by atoms with Crippen molar-refractivity contribution in [2.75, 3.05) is 20.8 Å². The Morgan fingerprint density at radius 1 is 1.11 bits per heavy atom. The fraction of sp³-hybridized carbons (Fsp3) is 0.300. The van der Waals surface area contributed by atoms with Gasteiger partial charge in [0.2, 0.25) is 0 Å². The van der Waals surface area contributed by atoms with Gasteiger partial charge in [0.15, 0.2) is 5.96 Å². The number of halogens is 1. The summed E-state index contributed by atoms with van der Waals surface area (Å²) in [6.45, 7) is 3.26. The van der Waals surface area contributed by atoms with E-state index in [1.54, 1.807) is 32.4 Å². The SMILES string of the molecule is CCNC(=NCc1ccc(OC)cc1OC)NCc1ccc(C#N)cc1F. The van der Waals surface area contributed by atoms with Crippen LogP contribution in [0.2, 0.25) is 0 Å². The molecule has 0 aliphatic heterocycles. The van der Waals surface area contributed by atoms with Crippen LogP contribution >= 0.6 is 0 Å². The Kier molecular flexibility index (Phi) is 7.44. The second kappa shape index (κ2) is 10.0. The lowest BCUT2D eigenvalue weighted by Gasteiger charge is -2.13. The lowest BCUT2D eigenvalue weighted by atomic mass is 10.1. The molecule has 0 saturated carbocycles. The second-order valence-electron chi connectivity index (χ2n) is 5.64. The molecule has 0 spiro atoms. The summed E-state index contributed by atoms with van der Waals surface area (Å²) in [6.07, 6.45) is 0. The molecule has 0 heterocycles. The van der Waals surface area contributed by atoms with E-state index in [0.29, 0.717) is 41.7 Å². The van der Waals surface area contributed by atoms with E-state index in [2.05, 4.69) is 15.6 Å². The molecule has 2 aromatic carbocycles. The van der Waals surface area contributed by atoms with E-state index in [4.69, 9.17) is 14.7 Å². The number of nitrogens with zero attached hydrogens (tertiary/aromatic N) is 2. The van der Waals surface area contributed by atoms with Gasteiger partial charge in [-0.05, 0) is 31.2 Å². The number of methoxy groups -OCH3 is 2. The highest BCUT2D eigenvalue weighted by Crippen LogP contribution is 2.25. The molecule has 0 radical (unpaired) electrons. The first-order valence-electron chi connectivity index (χ1n) is 8.52. The van der Waals surface area contributed by atoms with Crippen molar-refractivity contribution in [2.45, 2.75) is 20.0 Å². The van der Waals surface area contributed by atoms with Gasteiger partial charge in [-0.15, -0.1) is 0 Å². The monoisotopic (exact) mass is 370 g/mol. The molecule has 6 nitrogen and oxygen atoms in total. The van der Waals surface area contributed by atoms with Gasteiger partial charge in [0.1, 0.15) is 17.3 Å². The van der Waals surface area contributed by atoms with Crippen LogP contribution in [0.25, 0.3) is 0 Å². The lowest BCUT2D eigenvalue weighted by Crippen LogP contribution is -2.37. The van der Waals surface area contributed by atoms with Crippen LogP contribution in [0.15, 0.2) is 41.4 Å². The molecule has 0 aliphatic rings. The Morgan fingerprint density at radius 3 is 2.52 bits per heavy atom. The molecule has 0 aromatic heterocycles. The summed E-state index contributed by atoms with van der Waals surface area (Å²) >= 11 is 0. The summed E-state index contributed by atoms with van der Waals surface area (Å²) in [4.78, 5) is 4.53. The second-order valence-corrected chi connectivity index (χ2v) is 5.64. The van der Waals surface area contributed by atoms with Crippen molar-refractivity contribution in [3.63, 3.8) is 0 Å². The molecular weight excluding hydrogens is 347 g/mol. The Bertz CT molecular complexity index is 846. The summed E-state index contributed by atoms with van der Waals surface area (Å²) < 4.78 is 24.6. The van der Waals surface area contributed by atoms with E-state index >= 15 is 0 Å². The van der Waals surface area contributed by atoms with E-state index in [-0.39, 0.29) is 6.54 Å². The Balaban J connectivity index is 2.09. The number of aliphatic imine (C=N–C) groups is 1. The van der Waals surface area contributed by atoms with E-state index in [9.17, 15) is 4.39 Å². The average Bonchev–Trinajstić information content (AvgIpc) is 2.70. The van der Waals surface area contributed by atoms with Gasteiger partial charge in [-0.3, -0.25) is 0 Å². The van der Waals surface area contributed by atoms with Crippen molar-refractivity contribution < 1.29 is 13.9 Å². The third-order valence-electron chi connectivity index (χ3n) is 3.87. The molecule has 7 heteroatoms. The summed E-state index contributed by atoms with van der Waals surface area (Å²) in [5.74, 6) is 1.53. The van der Waals surface area contributed by atoms with Gasteiger partial charge in [-0.25, -0.2) is 9.38 Å². The Hall–Kier alpha value is -3.27. The number of benzene rings is 2. The molecule has 0 fully saturated rings. The van der Waals surface area contributed by atoms with Crippen LogP contribution in [-0.4, -0.2) is 26.7 Å². The first-order chi connectivity index (χ1) is 13.1. The number of hydrogen-bond donors (Lipinski definition) is 2. The van der Waals surface area contributed by atoms with Gasteiger partial charge in [0.25, 0.3) is 0 Å². The van der Waals surface area contributed by atoms with E-state index in [1.807, 2.05) is 25.1 Å². The number of hydrogen-bond acceptors (Lipinski definition) is 4. The maximum Gasteiger partial charge on any atom is 0.191 e. The van der Waals surface area contributed by atoms with Crippen molar-refractivity contribution >= 4 is 5.96 Å². The molecule has 0 bridgehead atoms.